The molecule has 1 aliphatic heterocycles. The maximum Gasteiger partial charge on any atom is 0.230 e. The molecule has 1 saturated heterocycles. The highest BCUT2D eigenvalue weighted by Gasteiger charge is 2.28. The third kappa shape index (κ3) is 3.82. The van der Waals surface area contributed by atoms with Crippen LogP contribution in [0.4, 0.5) is 5.82 Å². The molecule has 1 aliphatic rings. The normalized spacial score (nSPS) is 20.7. The van der Waals surface area contributed by atoms with E-state index in [1.807, 2.05) is 31.4 Å². The topological polar surface area (TPSA) is 88.1 Å². The minimum absolute atomic E-state index is 0.0189. The molecule has 2 unspecified atom stereocenters. The van der Waals surface area contributed by atoms with E-state index in [0.29, 0.717) is 18.7 Å². The van der Waals surface area contributed by atoms with Crippen molar-refractivity contribution in [2.24, 2.45) is 0 Å². The monoisotopic (exact) mass is 347 g/mol. The second kappa shape index (κ2) is 7.14. The van der Waals surface area contributed by atoms with Crippen LogP contribution in [0.5, 0.6) is 0 Å². The van der Waals surface area contributed by atoms with Crippen molar-refractivity contribution in [1.29, 1.82) is 0 Å². The minimum Gasteiger partial charge on any atom is -0.322 e. The van der Waals surface area contributed by atoms with E-state index in [0.717, 1.165) is 17.0 Å². The number of nitrogens with zero attached hydrogens (tertiary/aromatic N) is 2. The molecule has 3 N–H and O–H groups in total. The van der Waals surface area contributed by atoms with Gasteiger partial charge in [0.05, 0.1) is 12.1 Å². The van der Waals surface area contributed by atoms with Crippen molar-refractivity contribution in [2.45, 2.75) is 45.4 Å². The van der Waals surface area contributed by atoms with Gasteiger partial charge < -0.3 is 10.6 Å². The van der Waals surface area contributed by atoms with Crippen LogP contribution in [0.1, 0.15) is 36.6 Å². The summed E-state index contributed by atoms with van der Waals surface area (Å²) in [6, 6.07) is 5.76. The lowest BCUT2D eigenvalue weighted by Gasteiger charge is -2.31. The molecule has 0 aromatic carbocycles. The van der Waals surface area contributed by atoms with E-state index in [-0.39, 0.29) is 17.9 Å². The number of hydrogen-bond donors (Lipinski definition) is 3. The van der Waals surface area contributed by atoms with Crippen molar-refractivity contribution in [3.63, 3.8) is 0 Å². The van der Waals surface area contributed by atoms with E-state index >= 15 is 0 Å². The van der Waals surface area contributed by atoms with Gasteiger partial charge in [0.1, 0.15) is 5.82 Å². The van der Waals surface area contributed by atoms with E-state index in [4.69, 9.17) is 0 Å². The fraction of sp³-hybridized carbons (Fsp3) is 0.438. The summed E-state index contributed by atoms with van der Waals surface area (Å²) in [6.45, 7) is 3.89. The molecule has 7 nitrogen and oxygen atoms in total. The van der Waals surface area contributed by atoms with Crippen LogP contribution in [-0.2, 0) is 16.0 Å². The first-order valence-corrected chi connectivity index (χ1v) is 8.87. The van der Waals surface area contributed by atoms with Gasteiger partial charge in [-0.05, 0) is 24.8 Å². The summed E-state index contributed by atoms with van der Waals surface area (Å²) in [4.78, 5) is 25.2. The Bertz CT molecular complexity index is 725. The summed E-state index contributed by atoms with van der Waals surface area (Å²) < 4.78 is 1.63. The standard InChI is InChI=1S/C16H21N5O2S/c1-3-11-8-14(22)19-16(17-11)21-13(7-10(2)20-21)18-15(23)9-12-5-4-6-24-12/h4-7,11,16-17H,3,8-9H2,1-2H3,(H,18,23)(H,19,22). The molecule has 3 rings (SSSR count). The number of aryl methyl sites for hydroxylation is 1. The van der Waals surface area contributed by atoms with Crippen LogP contribution in [0.25, 0.3) is 0 Å². The fourth-order valence-electron chi connectivity index (χ4n) is 2.72. The summed E-state index contributed by atoms with van der Waals surface area (Å²) in [5.74, 6) is 0.450. The lowest BCUT2D eigenvalue weighted by atomic mass is 10.1. The van der Waals surface area contributed by atoms with Crippen molar-refractivity contribution in [3.05, 3.63) is 34.2 Å². The van der Waals surface area contributed by atoms with Gasteiger partial charge in [0.2, 0.25) is 11.8 Å². The maximum atomic E-state index is 12.3. The van der Waals surface area contributed by atoms with E-state index in [1.165, 1.54) is 0 Å². The molecule has 2 atom stereocenters. The minimum atomic E-state index is -0.457. The van der Waals surface area contributed by atoms with Crippen molar-refractivity contribution >= 4 is 29.0 Å². The molecule has 1 fully saturated rings. The zero-order chi connectivity index (χ0) is 17.1. The molecule has 0 saturated carbocycles. The van der Waals surface area contributed by atoms with Crippen LogP contribution in [0.3, 0.4) is 0 Å². The highest BCUT2D eigenvalue weighted by molar-refractivity contribution is 7.10. The van der Waals surface area contributed by atoms with Gasteiger partial charge in [0, 0.05) is 23.4 Å². The third-order valence-corrected chi connectivity index (χ3v) is 4.78. The van der Waals surface area contributed by atoms with Crippen molar-refractivity contribution in [3.8, 4) is 0 Å². The summed E-state index contributed by atoms with van der Waals surface area (Å²) in [5, 5.41) is 15.5. The zero-order valence-electron chi connectivity index (χ0n) is 13.7. The van der Waals surface area contributed by atoms with Crippen LogP contribution in [0.15, 0.2) is 23.6 Å². The van der Waals surface area contributed by atoms with Gasteiger partial charge in [-0.3, -0.25) is 14.9 Å². The smallest absolute Gasteiger partial charge is 0.230 e. The Morgan fingerprint density at radius 2 is 2.38 bits per heavy atom. The molecule has 0 spiro atoms. The van der Waals surface area contributed by atoms with E-state index < -0.39 is 6.29 Å². The Labute approximate surface area is 144 Å². The molecule has 3 heterocycles. The van der Waals surface area contributed by atoms with Gasteiger partial charge in [0.15, 0.2) is 6.29 Å². The number of carbonyl (C=O) groups excluding carboxylic acids is 2. The highest BCUT2D eigenvalue weighted by Crippen LogP contribution is 2.19. The zero-order valence-corrected chi connectivity index (χ0v) is 14.5. The van der Waals surface area contributed by atoms with Gasteiger partial charge >= 0.3 is 0 Å². The summed E-state index contributed by atoms with van der Waals surface area (Å²) in [5.41, 5.74) is 0.774. The van der Waals surface area contributed by atoms with Gasteiger partial charge in [-0.2, -0.15) is 5.10 Å². The molecule has 24 heavy (non-hydrogen) atoms. The van der Waals surface area contributed by atoms with Crippen LogP contribution >= 0.6 is 11.3 Å². The highest BCUT2D eigenvalue weighted by atomic mass is 32.1. The average Bonchev–Trinajstić information content (AvgIpc) is 3.16. The first-order chi connectivity index (χ1) is 11.5. The molecular formula is C16H21N5O2S. The maximum absolute atomic E-state index is 12.3. The van der Waals surface area contributed by atoms with E-state index in [2.05, 4.69) is 21.0 Å². The molecule has 0 radical (unpaired) electrons. The number of amides is 2. The quantitative estimate of drug-likeness (QED) is 0.769. The van der Waals surface area contributed by atoms with Crippen LogP contribution in [0.2, 0.25) is 0 Å². The molecule has 2 aromatic heterocycles. The molecule has 8 heteroatoms. The van der Waals surface area contributed by atoms with E-state index in [9.17, 15) is 9.59 Å². The lowest BCUT2D eigenvalue weighted by molar-refractivity contribution is -0.125. The molecule has 0 aliphatic carbocycles. The number of nitrogens with one attached hydrogen (secondary N) is 3. The van der Waals surface area contributed by atoms with Gasteiger partial charge in [0.25, 0.3) is 0 Å². The Hall–Kier alpha value is -2.19. The Morgan fingerprint density at radius 3 is 3.08 bits per heavy atom. The van der Waals surface area contributed by atoms with Crippen LogP contribution in [0, 0.1) is 6.92 Å². The van der Waals surface area contributed by atoms with Gasteiger partial charge in [-0.1, -0.05) is 13.0 Å². The summed E-state index contributed by atoms with van der Waals surface area (Å²) >= 11 is 1.55. The predicted octanol–water partition coefficient (Wildman–Crippen LogP) is 1.78. The second-order valence-electron chi connectivity index (χ2n) is 5.87. The summed E-state index contributed by atoms with van der Waals surface area (Å²) in [6.07, 6.45) is 1.17. The van der Waals surface area contributed by atoms with E-state index in [1.54, 1.807) is 22.1 Å². The van der Waals surface area contributed by atoms with Gasteiger partial charge in [-0.25, -0.2) is 4.68 Å². The number of thiophene rings is 1. The second-order valence-corrected chi connectivity index (χ2v) is 6.90. The first kappa shape index (κ1) is 16.7. The predicted molar refractivity (Wildman–Crippen MR) is 92.6 cm³/mol. The third-order valence-electron chi connectivity index (χ3n) is 3.90. The molecule has 128 valence electrons. The number of hydrogen-bond acceptors (Lipinski definition) is 5. The summed E-state index contributed by atoms with van der Waals surface area (Å²) in [7, 11) is 0. The molecule has 2 aromatic rings. The number of aromatic nitrogens is 2. The average molecular weight is 347 g/mol. The fourth-order valence-corrected chi connectivity index (χ4v) is 3.42. The number of carbonyl (C=O) groups is 2. The van der Waals surface area contributed by atoms with Crippen LogP contribution < -0.4 is 16.0 Å². The molecule has 2 amide bonds. The Balaban J connectivity index is 1.75. The number of rotatable bonds is 5. The molecule has 0 bridgehead atoms. The first-order valence-electron chi connectivity index (χ1n) is 7.99. The molecular weight excluding hydrogens is 326 g/mol. The van der Waals surface area contributed by atoms with Crippen molar-refractivity contribution < 1.29 is 9.59 Å². The SMILES string of the molecule is CCC1CC(=O)NC(n2nc(C)cc2NC(=O)Cc2cccs2)N1. The Morgan fingerprint density at radius 1 is 1.54 bits per heavy atom. The lowest BCUT2D eigenvalue weighted by Crippen LogP contribution is -2.53. The number of anilines is 1. The van der Waals surface area contributed by atoms with Crippen molar-refractivity contribution in [2.75, 3.05) is 5.32 Å². The van der Waals surface area contributed by atoms with Crippen LogP contribution in [-0.4, -0.2) is 27.6 Å². The van der Waals surface area contributed by atoms with Crippen molar-refractivity contribution in [1.82, 2.24) is 20.4 Å². The Kier molecular flexibility index (Phi) is 4.96. The largest absolute Gasteiger partial charge is 0.322 e. The van der Waals surface area contributed by atoms with Gasteiger partial charge in [-0.15, -0.1) is 11.3 Å².